The first kappa shape index (κ1) is 6.19. The Balaban J connectivity index is 2.10. The zero-order chi connectivity index (χ0) is 17.8. The maximum atomic E-state index is 12.5. The SMILES string of the molecule is [2H]C([2H])([2H])OC[C@]1(C([2H])([2H])[2H])Nc2c(cnc3[nH]ccc23)NC1=O. The van der Waals surface area contributed by atoms with Crippen molar-refractivity contribution in [2.45, 2.75) is 12.4 Å². The van der Waals surface area contributed by atoms with Gasteiger partial charge in [-0.25, -0.2) is 4.98 Å². The molecule has 0 saturated carbocycles. The quantitative estimate of drug-likeness (QED) is 0.753. The molecule has 0 aliphatic carbocycles. The summed E-state index contributed by atoms with van der Waals surface area (Å²) in [4.78, 5) is 19.5. The number of pyridine rings is 1. The summed E-state index contributed by atoms with van der Waals surface area (Å²) >= 11 is 0. The average molecular weight is 252 g/mol. The summed E-state index contributed by atoms with van der Waals surface area (Å²) in [6.07, 6.45) is 3.00. The Kier molecular flexibility index (Phi) is 1.28. The lowest BCUT2D eigenvalue weighted by Gasteiger charge is -2.35. The Labute approximate surface area is 112 Å². The van der Waals surface area contributed by atoms with Gasteiger partial charge in [-0.05, 0) is 12.9 Å². The van der Waals surface area contributed by atoms with Crippen LogP contribution in [0.5, 0.6) is 0 Å². The van der Waals surface area contributed by atoms with E-state index in [4.69, 9.17) is 8.22 Å². The Bertz CT molecular complexity index is 799. The van der Waals surface area contributed by atoms with Gasteiger partial charge < -0.3 is 20.4 Å². The Morgan fingerprint density at radius 3 is 3.39 bits per heavy atom. The number of carbonyl (C=O) groups is 1. The van der Waals surface area contributed by atoms with E-state index in [0.717, 1.165) is 0 Å². The fraction of sp³-hybridized carbons (Fsp3) is 0.333. The normalized spacial score (nSPS) is 28.8. The highest BCUT2D eigenvalue weighted by molar-refractivity contribution is 6.11. The number of H-pyrrole nitrogens is 1. The van der Waals surface area contributed by atoms with Crippen LogP contribution in [0.2, 0.25) is 0 Å². The number of ether oxygens (including phenoxy) is 1. The zero-order valence-corrected chi connectivity index (χ0v) is 9.20. The molecule has 18 heavy (non-hydrogen) atoms. The maximum Gasteiger partial charge on any atom is 0.252 e. The van der Waals surface area contributed by atoms with Crippen molar-refractivity contribution in [3.63, 3.8) is 0 Å². The number of rotatable bonds is 2. The van der Waals surface area contributed by atoms with Crippen LogP contribution in [0.1, 0.15) is 15.1 Å². The van der Waals surface area contributed by atoms with Gasteiger partial charge >= 0.3 is 0 Å². The molecule has 0 fully saturated rings. The molecule has 6 heteroatoms. The standard InChI is InChI=1S/C12H14N4O2/c1-12(6-18-2)11(17)15-8-5-14-10-7(3-4-13-10)9(8)16-12/h3-5,16H,6H2,1-2H3,(H,13,14)(H,15,17)/t12-/m0/s1/i1D3,2D3. The first-order chi connectivity index (χ1) is 11.0. The van der Waals surface area contributed by atoms with Gasteiger partial charge in [0.1, 0.15) is 11.2 Å². The van der Waals surface area contributed by atoms with Crippen molar-refractivity contribution in [1.29, 1.82) is 0 Å². The highest BCUT2D eigenvalue weighted by Gasteiger charge is 2.38. The molecule has 0 aromatic carbocycles. The number of carbonyl (C=O) groups excluding carboxylic acids is 1. The van der Waals surface area contributed by atoms with E-state index in [1.54, 1.807) is 12.3 Å². The van der Waals surface area contributed by atoms with Crippen molar-refractivity contribution in [2.75, 3.05) is 24.3 Å². The number of hydrogen-bond donors (Lipinski definition) is 3. The summed E-state index contributed by atoms with van der Waals surface area (Å²) in [5, 5.41) is 5.73. The number of anilines is 2. The van der Waals surface area contributed by atoms with Crippen molar-refractivity contribution in [2.24, 2.45) is 0 Å². The summed E-state index contributed by atoms with van der Waals surface area (Å²) in [6.45, 7) is -3.70. The van der Waals surface area contributed by atoms with E-state index in [1.807, 2.05) is 0 Å². The number of nitrogens with one attached hydrogen (secondary N) is 3. The molecule has 1 aliphatic heterocycles. The van der Waals surface area contributed by atoms with Gasteiger partial charge in [0, 0.05) is 22.7 Å². The second-order valence-corrected chi connectivity index (χ2v) is 4.06. The third-order valence-corrected chi connectivity index (χ3v) is 2.85. The number of aromatic nitrogens is 2. The monoisotopic (exact) mass is 252 g/mol. The summed E-state index contributed by atoms with van der Waals surface area (Å²) < 4.78 is 49.2. The van der Waals surface area contributed by atoms with Gasteiger partial charge in [-0.15, -0.1) is 0 Å². The van der Waals surface area contributed by atoms with Gasteiger partial charge in [0.15, 0.2) is 0 Å². The van der Waals surface area contributed by atoms with Crippen LogP contribution in [-0.4, -0.2) is 35.1 Å². The Morgan fingerprint density at radius 2 is 2.56 bits per heavy atom. The molecule has 0 spiro atoms. The number of amides is 1. The molecular formula is C12H14N4O2. The topological polar surface area (TPSA) is 79.0 Å². The zero-order valence-electron chi connectivity index (χ0n) is 15.2. The molecule has 1 amide bonds. The van der Waals surface area contributed by atoms with Gasteiger partial charge in [0.05, 0.1) is 28.3 Å². The van der Waals surface area contributed by atoms with Crippen molar-refractivity contribution in [1.82, 2.24) is 9.97 Å². The number of fused-ring (bicyclic) bond motifs is 3. The molecule has 2 aromatic rings. The molecule has 0 bridgehead atoms. The van der Waals surface area contributed by atoms with E-state index < -0.39 is 31.9 Å². The minimum atomic E-state index is -2.86. The molecule has 1 atom stereocenters. The third kappa shape index (κ3) is 1.46. The van der Waals surface area contributed by atoms with E-state index in [0.29, 0.717) is 22.4 Å². The highest BCUT2D eigenvalue weighted by Crippen LogP contribution is 2.35. The van der Waals surface area contributed by atoms with E-state index in [1.165, 1.54) is 6.20 Å². The molecular weight excluding hydrogens is 232 g/mol. The van der Waals surface area contributed by atoms with E-state index >= 15 is 0 Å². The lowest BCUT2D eigenvalue weighted by atomic mass is 9.98. The maximum absolute atomic E-state index is 12.5. The van der Waals surface area contributed by atoms with Gasteiger partial charge in [0.25, 0.3) is 5.91 Å². The predicted molar refractivity (Wildman–Crippen MR) is 68.6 cm³/mol. The first-order valence-electron chi connectivity index (χ1n) is 8.23. The second kappa shape index (κ2) is 3.71. The lowest BCUT2D eigenvalue weighted by molar-refractivity contribution is -0.121. The summed E-state index contributed by atoms with van der Waals surface area (Å²) in [5.74, 6) is -0.907. The molecule has 1 aliphatic rings. The first-order valence-corrected chi connectivity index (χ1v) is 5.23. The van der Waals surface area contributed by atoms with Crippen molar-refractivity contribution in [3.8, 4) is 0 Å². The number of hydrogen-bond acceptors (Lipinski definition) is 4. The van der Waals surface area contributed by atoms with Crippen LogP contribution >= 0.6 is 0 Å². The minimum absolute atomic E-state index is 0.306. The van der Waals surface area contributed by atoms with Crippen LogP contribution in [0.25, 0.3) is 11.0 Å². The number of aromatic amines is 1. The van der Waals surface area contributed by atoms with Crippen LogP contribution < -0.4 is 10.6 Å². The van der Waals surface area contributed by atoms with Gasteiger partial charge in [-0.1, -0.05) is 0 Å². The minimum Gasteiger partial charge on any atom is -0.382 e. The molecule has 3 rings (SSSR count). The average Bonchev–Trinajstić information content (AvgIpc) is 2.91. The Morgan fingerprint density at radius 1 is 1.61 bits per heavy atom. The Hall–Kier alpha value is -2.08. The molecule has 0 saturated heterocycles. The summed E-state index contributed by atoms with van der Waals surface area (Å²) in [5.41, 5.74) is -1.10. The van der Waals surface area contributed by atoms with E-state index in [-0.39, 0.29) is 0 Å². The van der Waals surface area contributed by atoms with Crippen molar-refractivity contribution < 1.29 is 17.8 Å². The summed E-state index contributed by atoms with van der Waals surface area (Å²) in [6, 6.07) is 1.67. The second-order valence-electron chi connectivity index (χ2n) is 4.06. The van der Waals surface area contributed by atoms with Crippen LogP contribution in [0.4, 0.5) is 11.4 Å². The largest absolute Gasteiger partial charge is 0.382 e. The van der Waals surface area contributed by atoms with Gasteiger partial charge in [-0.3, -0.25) is 4.79 Å². The molecule has 0 radical (unpaired) electrons. The van der Waals surface area contributed by atoms with Crippen LogP contribution in [-0.2, 0) is 9.53 Å². The van der Waals surface area contributed by atoms with Crippen molar-refractivity contribution in [3.05, 3.63) is 18.5 Å². The molecule has 94 valence electrons. The van der Waals surface area contributed by atoms with Crippen molar-refractivity contribution >= 4 is 28.3 Å². The van der Waals surface area contributed by atoms with Gasteiger partial charge in [-0.2, -0.15) is 0 Å². The van der Waals surface area contributed by atoms with Gasteiger partial charge in [0.2, 0.25) is 0 Å². The third-order valence-electron chi connectivity index (χ3n) is 2.85. The molecule has 6 nitrogen and oxygen atoms in total. The van der Waals surface area contributed by atoms with E-state index in [2.05, 4.69) is 25.3 Å². The molecule has 2 aromatic heterocycles. The predicted octanol–water partition coefficient (Wildman–Crippen LogP) is 1.33. The fourth-order valence-corrected chi connectivity index (χ4v) is 1.95. The summed E-state index contributed by atoms with van der Waals surface area (Å²) in [7, 11) is -2.83. The highest BCUT2D eigenvalue weighted by atomic mass is 16.5. The fourth-order valence-electron chi connectivity index (χ4n) is 1.95. The molecule has 3 N–H and O–H groups in total. The van der Waals surface area contributed by atoms with Crippen LogP contribution in [0.3, 0.4) is 0 Å². The number of nitrogens with zero attached hydrogens (tertiary/aromatic N) is 1. The lowest BCUT2D eigenvalue weighted by Crippen LogP contribution is -2.53. The van der Waals surface area contributed by atoms with Crippen LogP contribution in [0, 0.1) is 0 Å². The molecule has 3 heterocycles. The van der Waals surface area contributed by atoms with E-state index in [9.17, 15) is 4.79 Å². The molecule has 0 unspecified atom stereocenters. The van der Waals surface area contributed by atoms with Crippen LogP contribution in [0.15, 0.2) is 18.5 Å². The smallest absolute Gasteiger partial charge is 0.252 e. The number of methoxy groups -OCH3 is 1.